The van der Waals surface area contributed by atoms with Crippen LogP contribution in [0.5, 0.6) is 0 Å². The molecule has 1 saturated heterocycles. The standard InChI is InChI=1S/C26H30F6N4O2/c27-25(28,29)20-3-1-2-4-23(20)35-11-13-36(14-12-35)24(37)16-38-19-8-5-17(6-9-19)34-18-7-10-22(33)21(15-18)26(30,31)32/h1-4,7,10,15,17,19,34H,5-6,8-9,11-14,16,33H2. The maximum absolute atomic E-state index is 13.3. The second-order valence-electron chi connectivity index (χ2n) is 9.61. The van der Waals surface area contributed by atoms with Crippen molar-refractivity contribution in [1.82, 2.24) is 4.90 Å². The van der Waals surface area contributed by atoms with Crippen LogP contribution in [0.1, 0.15) is 36.8 Å². The van der Waals surface area contributed by atoms with Crippen LogP contribution in [0.15, 0.2) is 42.5 Å². The fourth-order valence-corrected chi connectivity index (χ4v) is 4.97. The van der Waals surface area contributed by atoms with Crippen molar-refractivity contribution in [3.63, 3.8) is 0 Å². The van der Waals surface area contributed by atoms with Crippen molar-refractivity contribution >= 4 is 23.0 Å². The predicted molar refractivity (Wildman–Crippen MR) is 132 cm³/mol. The second-order valence-corrected chi connectivity index (χ2v) is 9.61. The number of halogens is 6. The number of rotatable bonds is 6. The molecule has 2 aromatic carbocycles. The maximum atomic E-state index is 13.3. The average molecular weight is 545 g/mol. The highest BCUT2D eigenvalue weighted by Gasteiger charge is 2.36. The van der Waals surface area contributed by atoms with E-state index in [9.17, 15) is 31.1 Å². The van der Waals surface area contributed by atoms with E-state index < -0.39 is 23.5 Å². The third kappa shape index (κ3) is 6.83. The van der Waals surface area contributed by atoms with E-state index >= 15 is 0 Å². The molecular formula is C26H30F6N4O2. The summed E-state index contributed by atoms with van der Waals surface area (Å²) in [5, 5.41) is 3.13. The first-order valence-electron chi connectivity index (χ1n) is 12.5. The number of ether oxygens (including phenoxy) is 1. The largest absolute Gasteiger partial charge is 0.418 e. The van der Waals surface area contributed by atoms with Crippen molar-refractivity contribution in [3.05, 3.63) is 53.6 Å². The van der Waals surface area contributed by atoms with Gasteiger partial charge in [0.2, 0.25) is 5.91 Å². The summed E-state index contributed by atoms with van der Waals surface area (Å²) in [5.41, 5.74) is 4.04. The molecule has 2 aliphatic rings. The van der Waals surface area contributed by atoms with Crippen molar-refractivity contribution in [3.8, 4) is 0 Å². The number of nitrogens with zero attached hydrogens (tertiary/aromatic N) is 2. The van der Waals surface area contributed by atoms with Gasteiger partial charge in [0.25, 0.3) is 0 Å². The molecule has 208 valence electrons. The van der Waals surface area contributed by atoms with E-state index in [1.165, 1.54) is 24.3 Å². The number of benzene rings is 2. The van der Waals surface area contributed by atoms with Crippen LogP contribution in [0.3, 0.4) is 0 Å². The quantitative estimate of drug-likeness (QED) is 0.377. The summed E-state index contributed by atoms with van der Waals surface area (Å²) < 4.78 is 85.1. The lowest BCUT2D eigenvalue weighted by atomic mass is 9.92. The zero-order valence-corrected chi connectivity index (χ0v) is 20.6. The Morgan fingerprint density at radius 3 is 2.16 bits per heavy atom. The predicted octanol–water partition coefficient (Wildman–Crippen LogP) is 5.39. The SMILES string of the molecule is Nc1ccc(NC2CCC(OCC(=O)N3CCN(c4ccccc4C(F)(F)F)CC3)CC2)cc1C(F)(F)F. The molecule has 0 spiro atoms. The number of amides is 1. The lowest BCUT2D eigenvalue weighted by Gasteiger charge is -2.37. The zero-order chi connectivity index (χ0) is 27.5. The molecule has 3 N–H and O–H groups in total. The van der Waals surface area contributed by atoms with Gasteiger partial charge in [-0.3, -0.25) is 4.79 Å². The molecule has 2 fully saturated rings. The monoisotopic (exact) mass is 544 g/mol. The zero-order valence-electron chi connectivity index (χ0n) is 20.6. The molecular weight excluding hydrogens is 514 g/mol. The molecule has 12 heteroatoms. The molecule has 1 heterocycles. The Hall–Kier alpha value is -3.15. The second kappa shape index (κ2) is 11.3. The minimum Gasteiger partial charge on any atom is -0.398 e. The number of carbonyl (C=O) groups is 1. The van der Waals surface area contributed by atoms with Crippen LogP contribution < -0.4 is 16.0 Å². The van der Waals surface area contributed by atoms with E-state index in [1.807, 2.05) is 0 Å². The summed E-state index contributed by atoms with van der Waals surface area (Å²) in [5.74, 6) is -0.212. The molecule has 38 heavy (non-hydrogen) atoms. The average Bonchev–Trinajstić information content (AvgIpc) is 2.88. The number of carbonyl (C=O) groups excluding carboxylic acids is 1. The molecule has 0 bridgehead atoms. The molecule has 1 aliphatic carbocycles. The van der Waals surface area contributed by atoms with Crippen LogP contribution in [0.4, 0.5) is 43.4 Å². The first-order valence-corrected chi connectivity index (χ1v) is 12.5. The van der Waals surface area contributed by atoms with Crippen molar-refractivity contribution in [2.24, 2.45) is 0 Å². The van der Waals surface area contributed by atoms with Gasteiger partial charge in [-0.15, -0.1) is 0 Å². The van der Waals surface area contributed by atoms with Crippen molar-refractivity contribution in [2.45, 2.75) is 50.2 Å². The normalized spacial score (nSPS) is 20.9. The summed E-state index contributed by atoms with van der Waals surface area (Å²) in [6, 6.07) is 9.16. The number of hydrogen-bond acceptors (Lipinski definition) is 5. The first-order chi connectivity index (χ1) is 17.9. The van der Waals surface area contributed by atoms with Gasteiger partial charge < -0.3 is 25.6 Å². The van der Waals surface area contributed by atoms with Crippen LogP contribution >= 0.6 is 0 Å². The van der Waals surface area contributed by atoms with Gasteiger partial charge in [0.1, 0.15) is 6.61 Å². The number of nitrogen functional groups attached to an aromatic ring is 1. The number of para-hydroxylation sites is 1. The van der Waals surface area contributed by atoms with Crippen LogP contribution in [0.2, 0.25) is 0 Å². The van der Waals surface area contributed by atoms with Crippen LogP contribution in [0, 0.1) is 0 Å². The fourth-order valence-electron chi connectivity index (χ4n) is 4.97. The van der Waals surface area contributed by atoms with Gasteiger partial charge >= 0.3 is 12.4 Å². The van der Waals surface area contributed by atoms with Gasteiger partial charge in [0.15, 0.2) is 0 Å². The highest BCUT2D eigenvalue weighted by atomic mass is 19.4. The van der Waals surface area contributed by atoms with Gasteiger partial charge in [0, 0.05) is 49.3 Å². The molecule has 0 unspecified atom stereocenters. The van der Waals surface area contributed by atoms with E-state index in [1.54, 1.807) is 15.9 Å². The molecule has 1 amide bonds. The van der Waals surface area contributed by atoms with E-state index in [4.69, 9.17) is 10.5 Å². The van der Waals surface area contributed by atoms with Crippen molar-refractivity contribution in [1.29, 1.82) is 0 Å². The van der Waals surface area contributed by atoms with E-state index in [-0.39, 0.29) is 49.1 Å². The van der Waals surface area contributed by atoms with Gasteiger partial charge in [-0.25, -0.2) is 0 Å². The van der Waals surface area contributed by atoms with E-state index in [2.05, 4.69) is 5.32 Å². The summed E-state index contributed by atoms with van der Waals surface area (Å²) in [4.78, 5) is 15.9. The highest BCUT2D eigenvalue weighted by molar-refractivity contribution is 5.78. The minimum absolute atomic E-state index is 0.0251. The van der Waals surface area contributed by atoms with Gasteiger partial charge in [-0.2, -0.15) is 26.3 Å². The fraction of sp³-hybridized carbons (Fsp3) is 0.500. The Morgan fingerprint density at radius 2 is 1.53 bits per heavy atom. The minimum atomic E-state index is -4.53. The number of nitrogens with two attached hydrogens (primary N) is 1. The summed E-state index contributed by atoms with van der Waals surface area (Å²) in [7, 11) is 0. The van der Waals surface area contributed by atoms with Gasteiger partial charge in [-0.1, -0.05) is 12.1 Å². The third-order valence-corrected chi connectivity index (χ3v) is 7.03. The first kappa shape index (κ1) is 27.9. The topological polar surface area (TPSA) is 70.8 Å². The molecule has 0 radical (unpaired) electrons. The van der Waals surface area contributed by atoms with Gasteiger partial charge in [0.05, 0.1) is 17.2 Å². The molecule has 0 aromatic heterocycles. The Labute approximate surface area is 216 Å². The molecule has 1 saturated carbocycles. The molecule has 2 aromatic rings. The maximum Gasteiger partial charge on any atom is 0.418 e. The van der Waals surface area contributed by atoms with Gasteiger partial charge in [-0.05, 0) is 56.0 Å². The molecule has 6 nitrogen and oxygen atoms in total. The Morgan fingerprint density at radius 1 is 0.895 bits per heavy atom. The number of alkyl halides is 6. The number of piperazine rings is 1. The van der Waals surface area contributed by atoms with Crippen LogP contribution in [-0.2, 0) is 21.9 Å². The summed E-state index contributed by atoms with van der Waals surface area (Å²) in [6.45, 7) is 1.06. The molecule has 1 aliphatic heterocycles. The number of nitrogens with one attached hydrogen (secondary N) is 1. The highest BCUT2D eigenvalue weighted by Crippen LogP contribution is 2.37. The van der Waals surface area contributed by atoms with Crippen LogP contribution in [-0.4, -0.2) is 55.7 Å². The Balaban J connectivity index is 1.20. The molecule has 4 rings (SSSR count). The molecule has 0 atom stereocenters. The van der Waals surface area contributed by atoms with Crippen LogP contribution in [0.25, 0.3) is 0 Å². The Kier molecular flexibility index (Phi) is 8.29. The van der Waals surface area contributed by atoms with E-state index in [0.29, 0.717) is 44.5 Å². The Bertz CT molecular complexity index is 1110. The number of hydrogen-bond donors (Lipinski definition) is 2. The smallest absolute Gasteiger partial charge is 0.398 e. The third-order valence-electron chi connectivity index (χ3n) is 7.03. The van der Waals surface area contributed by atoms with E-state index in [0.717, 1.165) is 12.1 Å². The lowest BCUT2D eigenvalue weighted by molar-refractivity contribution is -0.140. The summed E-state index contributed by atoms with van der Waals surface area (Å²) in [6.07, 6.45) is -6.49. The van der Waals surface area contributed by atoms with Crippen molar-refractivity contribution < 1.29 is 35.9 Å². The van der Waals surface area contributed by atoms with Crippen molar-refractivity contribution in [2.75, 3.05) is 48.7 Å². The lowest BCUT2D eigenvalue weighted by Crippen LogP contribution is -2.50. The number of anilines is 3. The summed E-state index contributed by atoms with van der Waals surface area (Å²) >= 11 is 0.